The molecule has 1 fully saturated rings. The van der Waals surface area contributed by atoms with Crippen molar-refractivity contribution in [1.29, 1.82) is 0 Å². The minimum absolute atomic E-state index is 0.151. The van der Waals surface area contributed by atoms with Crippen molar-refractivity contribution in [2.45, 2.75) is 32.4 Å². The SMILES string of the molecule is CC1CC(NCc2ccc(O)c(Cl)c2)C1. The first kappa shape index (κ1) is 10.8. The fraction of sp³-hybridized carbons (Fsp3) is 0.500. The quantitative estimate of drug-likeness (QED) is 0.829. The Kier molecular flexibility index (Phi) is 3.17. The van der Waals surface area contributed by atoms with E-state index < -0.39 is 0 Å². The van der Waals surface area contributed by atoms with Crippen LogP contribution >= 0.6 is 11.6 Å². The molecule has 2 nitrogen and oxygen atoms in total. The lowest BCUT2D eigenvalue weighted by Crippen LogP contribution is -2.39. The summed E-state index contributed by atoms with van der Waals surface area (Å²) in [4.78, 5) is 0. The first-order valence-electron chi connectivity index (χ1n) is 5.36. The summed E-state index contributed by atoms with van der Waals surface area (Å²) < 4.78 is 0. The summed E-state index contributed by atoms with van der Waals surface area (Å²) in [6, 6.07) is 6.01. The molecule has 0 saturated heterocycles. The van der Waals surface area contributed by atoms with Crippen LogP contribution < -0.4 is 5.32 Å². The molecule has 1 saturated carbocycles. The summed E-state index contributed by atoms with van der Waals surface area (Å²) in [5.41, 5.74) is 1.12. The summed E-state index contributed by atoms with van der Waals surface area (Å²) in [6.45, 7) is 3.10. The monoisotopic (exact) mass is 225 g/mol. The molecule has 0 atom stereocenters. The van der Waals surface area contributed by atoms with Crippen molar-refractivity contribution in [1.82, 2.24) is 5.32 Å². The third-order valence-electron chi connectivity index (χ3n) is 2.98. The van der Waals surface area contributed by atoms with Crippen molar-refractivity contribution in [3.8, 4) is 5.75 Å². The van der Waals surface area contributed by atoms with Crippen molar-refractivity contribution >= 4 is 11.6 Å². The molecule has 0 unspecified atom stereocenters. The fourth-order valence-corrected chi connectivity index (χ4v) is 2.19. The van der Waals surface area contributed by atoms with Crippen LogP contribution in [0.5, 0.6) is 5.75 Å². The Bertz CT molecular complexity index is 347. The molecule has 1 aromatic rings. The Hall–Kier alpha value is -0.730. The Labute approximate surface area is 95.3 Å². The van der Waals surface area contributed by atoms with Gasteiger partial charge < -0.3 is 10.4 Å². The van der Waals surface area contributed by atoms with Gasteiger partial charge in [0.2, 0.25) is 0 Å². The van der Waals surface area contributed by atoms with E-state index in [1.807, 2.05) is 12.1 Å². The van der Waals surface area contributed by atoms with Gasteiger partial charge in [-0.3, -0.25) is 0 Å². The molecule has 82 valence electrons. The third kappa shape index (κ3) is 2.64. The maximum absolute atomic E-state index is 9.26. The highest BCUT2D eigenvalue weighted by atomic mass is 35.5. The predicted molar refractivity (Wildman–Crippen MR) is 62.1 cm³/mol. The van der Waals surface area contributed by atoms with Gasteiger partial charge in [-0.2, -0.15) is 0 Å². The van der Waals surface area contributed by atoms with Gasteiger partial charge in [0, 0.05) is 12.6 Å². The minimum atomic E-state index is 0.151. The molecule has 1 aliphatic carbocycles. The van der Waals surface area contributed by atoms with Gasteiger partial charge in [-0.1, -0.05) is 24.6 Å². The van der Waals surface area contributed by atoms with Gasteiger partial charge in [0.15, 0.2) is 0 Å². The molecule has 3 heteroatoms. The van der Waals surface area contributed by atoms with Crippen molar-refractivity contribution in [2.75, 3.05) is 0 Å². The number of aromatic hydroxyl groups is 1. The molecule has 2 rings (SSSR count). The molecule has 15 heavy (non-hydrogen) atoms. The highest BCUT2D eigenvalue weighted by Crippen LogP contribution is 2.27. The number of hydrogen-bond acceptors (Lipinski definition) is 2. The molecule has 0 aromatic heterocycles. The van der Waals surface area contributed by atoms with E-state index in [1.165, 1.54) is 12.8 Å². The topological polar surface area (TPSA) is 32.3 Å². The summed E-state index contributed by atoms with van der Waals surface area (Å²) in [7, 11) is 0. The fourth-order valence-electron chi connectivity index (χ4n) is 1.99. The molecule has 0 bridgehead atoms. The Balaban J connectivity index is 1.86. The van der Waals surface area contributed by atoms with Crippen LogP contribution in [-0.2, 0) is 6.54 Å². The molecular formula is C12H16ClNO. The van der Waals surface area contributed by atoms with Crippen LogP contribution in [0.2, 0.25) is 5.02 Å². The van der Waals surface area contributed by atoms with E-state index in [4.69, 9.17) is 11.6 Å². The lowest BCUT2D eigenvalue weighted by atomic mass is 9.82. The maximum Gasteiger partial charge on any atom is 0.134 e. The van der Waals surface area contributed by atoms with E-state index in [1.54, 1.807) is 6.07 Å². The number of nitrogens with one attached hydrogen (secondary N) is 1. The van der Waals surface area contributed by atoms with Gasteiger partial charge >= 0.3 is 0 Å². The zero-order valence-corrected chi connectivity index (χ0v) is 9.59. The van der Waals surface area contributed by atoms with Crippen LogP contribution in [0.25, 0.3) is 0 Å². The van der Waals surface area contributed by atoms with Gasteiger partial charge in [-0.25, -0.2) is 0 Å². The van der Waals surface area contributed by atoms with Crippen molar-refractivity contribution in [2.24, 2.45) is 5.92 Å². The zero-order chi connectivity index (χ0) is 10.8. The molecule has 1 aliphatic rings. The van der Waals surface area contributed by atoms with Gasteiger partial charge in [0.1, 0.15) is 5.75 Å². The molecule has 0 aliphatic heterocycles. The first-order chi connectivity index (χ1) is 7.15. The Morgan fingerprint density at radius 2 is 2.20 bits per heavy atom. The summed E-state index contributed by atoms with van der Waals surface area (Å²) >= 11 is 5.82. The summed E-state index contributed by atoms with van der Waals surface area (Å²) in [5.74, 6) is 1.02. The largest absolute Gasteiger partial charge is 0.506 e. The normalized spacial score (nSPS) is 24.9. The summed E-state index contributed by atoms with van der Waals surface area (Å²) in [5, 5.41) is 13.2. The number of phenols is 1. The van der Waals surface area contributed by atoms with Gasteiger partial charge in [0.25, 0.3) is 0 Å². The standard InChI is InChI=1S/C12H16ClNO/c1-8-4-10(5-8)14-7-9-2-3-12(15)11(13)6-9/h2-3,6,8,10,14-15H,4-5,7H2,1H3. The van der Waals surface area contributed by atoms with E-state index in [0.717, 1.165) is 18.0 Å². The first-order valence-corrected chi connectivity index (χ1v) is 5.73. The van der Waals surface area contributed by atoms with Gasteiger partial charge in [-0.05, 0) is 36.5 Å². The number of benzene rings is 1. The highest BCUT2D eigenvalue weighted by Gasteiger charge is 2.24. The minimum Gasteiger partial charge on any atom is -0.506 e. The van der Waals surface area contributed by atoms with E-state index in [0.29, 0.717) is 11.1 Å². The van der Waals surface area contributed by atoms with Crippen LogP contribution in [-0.4, -0.2) is 11.1 Å². The Morgan fingerprint density at radius 1 is 1.47 bits per heavy atom. The molecule has 0 heterocycles. The molecular weight excluding hydrogens is 210 g/mol. The average Bonchev–Trinajstić information content (AvgIpc) is 2.16. The van der Waals surface area contributed by atoms with Crippen LogP contribution in [0.1, 0.15) is 25.3 Å². The number of rotatable bonds is 3. The Morgan fingerprint density at radius 3 is 2.80 bits per heavy atom. The van der Waals surface area contributed by atoms with Crippen molar-refractivity contribution in [3.05, 3.63) is 28.8 Å². The molecule has 0 spiro atoms. The average molecular weight is 226 g/mol. The highest BCUT2D eigenvalue weighted by molar-refractivity contribution is 6.32. The lowest BCUT2D eigenvalue weighted by Gasteiger charge is -2.33. The smallest absolute Gasteiger partial charge is 0.134 e. The summed E-state index contributed by atoms with van der Waals surface area (Å²) in [6.07, 6.45) is 2.54. The maximum atomic E-state index is 9.26. The number of phenolic OH excluding ortho intramolecular Hbond substituents is 1. The van der Waals surface area contributed by atoms with E-state index >= 15 is 0 Å². The van der Waals surface area contributed by atoms with Crippen LogP contribution in [0.4, 0.5) is 0 Å². The van der Waals surface area contributed by atoms with E-state index in [-0.39, 0.29) is 5.75 Å². The second-order valence-corrected chi connectivity index (χ2v) is 4.85. The van der Waals surface area contributed by atoms with Gasteiger partial charge in [-0.15, -0.1) is 0 Å². The third-order valence-corrected chi connectivity index (χ3v) is 3.28. The van der Waals surface area contributed by atoms with Crippen molar-refractivity contribution < 1.29 is 5.11 Å². The van der Waals surface area contributed by atoms with Gasteiger partial charge in [0.05, 0.1) is 5.02 Å². The van der Waals surface area contributed by atoms with E-state index in [9.17, 15) is 5.11 Å². The second kappa shape index (κ2) is 4.42. The predicted octanol–water partition coefficient (Wildman–Crippen LogP) is 2.93. The molecule has 0 amide bonds. The zero-order valence-electron chi connectivity index (χ0n) is 8.83. The van der Waals surface area contributed by atoms with E-state index in [2.05, 4.69) is 12.2 Å². The molecule has 1 aromatic carbocycles. The van der Waals surface area contributed by atoms with Crippen LogP contribution in [0.3, 0.4) is 0 Å². The lowest BCUT2D eigenvalue weighted by molar-refractivity contribution is 0.240. The van der Waals surface area contributed by atoms with Crippen LogP contribution in [0.15, 0.2) is 18.2 Å². The number of hydrogen-bond donors (Lipinski definition) is 2. The number of halogens is 1. The van der Waals surface area contributed by atoms with Crippen molar-refractivity contribution in [3.63, 3.8) is 0 Å². The second-order valence-electron chi connectivity index (χ2n) is 4.44. The van der Waals surface area contributed by atoms with Crippen LogP contribution in [0, 0.1) is 5.92 Å². The molecule has 0 radical (unpaired) electrons. The molecule has 2 N–H and O–H groups in total.